The smallest absolute Gasteiger partial charge is 0.413 e. The van der Waals surface area contributed by atoms with Gasteiger partial charge in [-0.25, -0.2) is 9.78 Å². The molecule has 2 N–H and O–H groups in total. The molecule has 23 heavy (non-hydrogen) atoms. The average molecular weight is 320 g/mol. The van der Waals surface area contributed by atoms with Crippen molar-refractivity contribution in [3.63, 3.8) is 0 Å². The maximum Gasteiger partial charge on any atom is 0.413 e. The second kappa shape index (κ2) is 8.26. The Hall–Kier alpha value is -1.66. The largest absolute Gasteiger partial charge is 0.438 e. The molecule has 1 spiro atoms. The molecule has 0 aliphatic carbocycles. The minimum absolute atomic E-state index is 0.395. The lowest BCUT2D eigenvalue weighted by molar-refractivity contribution is -0.0130. The normalized spacial score (nSPS) is 18.5. The van der Waals surface area contributed by atoms with Crippen molar-refractivity contribution in [3.8, 4) is 0 Å². The molecule has 1 aromatic rings. The van der Waals surface area contributed by atoms with Crippen LogP contribution in [0.15, 0.2) is 18.3 Å². The van der Waals surface area contributed by atoms with Crippen LogP contribution in [0.25, 0.3) is 0 Å². The summed E-state index contributed by atoms with van der Waals surface area (Å²) >= 11 is 0. The van der Waals surface area contributed by atoms with Gasteiger partial charge in [0.15, 0.2) is 0 Å². The highest BCUT2D eigenvalue weighted by Gasteiger charge is 2.43. The van der Waals surface area contributed by atoms with E-state index in [9.17, 15) is 4.79 Å². The van der Waals surface area contributed by atoms with E-state index in [2.05, 4.69) is 41.3 Å². The molecule has 0 unspecified atom stereocenters. The Kier molecular flexibility index (Phi) is 6.36. The van der Waals surface area contributed by atoms with Crippen LogP contribution in [0.3, 0.4) is 0 Å². The molecule has 3 rings (SSSR count). The van der Waals surface area contributed by atoms with Crippen LogP contribution >= 0.6 is 0 Å². The second-order valence-corrected chi connectivity index (χ2v) is 5.78. The number of amides is 1. The summed E-state index contributed by atoms with van der Waals surface area (Å²) in [6.07, 6.45) is 2.89. The molecule has 0 atom stereocenters. The summed E-state index contributed by atoms with van der Waals surface area (Å²) in [5.41, 5.74) is 0.521. The second-order valence-electron chi connectivity index (χ2n) is 5.78. The van der Waals surface area contributed by atoms with Gasteiger partial charge in [-0.2, -0.15) is 0 Å². The summed E-state index contributed by atoms with van der Waals surface area (Å²) in [4.78, 5) is 18.1. The minimum atomic E-state index is -0.475. The average Bonchev–Trinajstić information content (AvgIpc) is 2.58. The first-order chi connectivity index (χ1) is 11.1. The molecule has 0 saturated carbocycles. The number of carbonyl (C=O) groups excluding carboxylic acids is 1. The monoisotopic (exact) mass is 320 g/mol. The highest BCUT2D eigenvalue weighted by atomic mass is 16.6. The number of hydrogen-bond acceptors (Lipinski definition) is 5. The standard InChI is InChI=1S/C11H13N3O2.C6H15N/c15-10-14-9-8(2-1-5-13-9)11(16-10)3-6-12-7-4-11;1-4-7(5-2)6-3/h1-2,5,12H,3-4,6-7H2,(H,13,14,15);4-6H2,1-3H3. The molecular weight excluding hydrogens is 292 g/mol. The van der Waals surface area contributed by atoms with Crippen LogP contribution in [0.2, 0.25) is 0 Å². The van der Waals surface area contributed by atoms with Gasteiger partial charge in [0.1, 0.15) is 11.4 Å². The maximum atomic E-state index is 11.5. The SMILES string of the molecule is CCN(CC)CC.O=C1Nc2ncccc2C2(CCNCC2)O1. The van der Waals surface area contributed by atoms with Gasteiger partial charge in [0.2, 0.25) is 0 Å². The number of ether oxygens (including phenoxy) is 1. The fourth-order valence-corrected chi connectivity index (χ4v) is 3.10. The van der Waals surface area contributed by atoms with Crippen molar-refractivity contribution in [3.05, 3.63) is 23.9 Å². The number of fused-ring (bicyclic) bond motifs is 2. The molecule has 0 aromatic carbocycles. The maximum absolute atomic E-state index is 11.5. The van der Waals surface area contributed by atoms with Crippen molar-refractivity contribution in [1.29, 1.82) is 0 Å². The van der Waals surface area contributed by atoms with E-state index >= 15 is 0 Å². The number of piperidine rings is 1. The Morgan fingerprint density at radius 1 is 1.22 bits per heavy atom. The number of nitrogens with one attached hydrogen (secondary N) is 2. The summed E-state index contributed by atoms with van der Waals surface area (Å²) in [6.45, 7) is 11.9. The van der Waals surface area contributed by atoms with Gasteiger partial charge in [-0.1, -0.05) is 20.8 Å². The fraction of sp³-hybridized carbons (Fsp3) is 0.647. The van der Waals surface area contributed by atoms with E-state index in [-0.39, 0.29) is 0 Å². The summed E-state index contributed by atoms with van der Waals surface area (Å²) in [7, 11) is 0. The van der Waals surface area contributed by atoms with Crippen LogP contribution in [0.4, 0.5) is 10.6 Å². The van der Waals surface area contributed by atoms with E-state index in [0.717, 1.165) is 31.5 Å². The van der Waals surface area contributed by atoms with E-state index in [0.29, 0.717) is 5.82 Å². The molecule has 1 aromatic heterocycles. The topological polar surface area (TPSA) is 66.5 Å². The van der Waals surface area contributed by atoms with Gasteiger partial charge in [0, 0.05) is 24.6 Å². The zero-order valence-corrected chi connectivity index (χ0v) is 14.4. The van der Waals surface area contributed by atoms with Gasteiger partial charge in [0.05, 0.1) is 0 Å². The molecule has 128 valence electrons. The molecule has 2 aliphatic heterocycles. The molecule has 0 radical (unpaired) electrons. The number of hydrogen-bond donors (Lipinski definition) is 2. The van der Waals surface area contributed by atoms with Gasteiger partial charge < -0.3 is 15.0 Å². The van der Waals surface area contributed by atoms with E-state index in [1.165, 1.54) is 19.6 Å². The van der Waals surface area contributed by atoms with E-state index in [1.807, 2.05) is 12.1 Å². The quantitative estimate of drug-likeness (QED) is 0.896. The fourth-order valence-electron chi connectivity index (χ4n) is 3.10. The number of aromatic nitrogens is 1. The van der Waals surface area contributed by atoms with Crippen LogP contribution in [0.5, 0.6) is 0 Å². The van der Waals surface area contributed by atoms with Crippen molar-refractivity contribution in [2.45, 2.75) is 39.2 Å². The van der Waals surface area contributed by atoms with Crippen molar-refractivity contribution < 1.29 is 9.53 Å². The van der Waals surface area contributed by atoms with E-state index < -0.39 is 11.7 Å². The number of nitrogens with zero attached hydrogens (tertiary/aromatic N) is 2. The highest BCUT2D eigenvalue weighted by molar-refractivity contribution is 5.87. The number of pyridine rings is 1. The molecule has 6 heteroatoms. The highest BCUT2D eigenvalue weighted by Crippen LogP contribution is 2.40. The van der Waals surface area contributed by atoms with Gasteiger partial charge in [-0.3, -0.25) is 5.32 Å². The van der Waals surface area contributed by atoms with Crippen LogP contribution in [-0.4, -0.2) is 48.7 Å². The van der Waals surface area contributed by atoms with Crippen LogP contribution in [0.1, 0.15) is 39.2 Å². The summed E-state index contributed by atoms with van der Waals surface area (Å²) in [6, 6.07) is 3.86. The van der Waals surface area contributed by atoms with Gasteiger partial charge in [0.25, 0.3) is 0 Å². The first-order valence-corrected chi connectivity index (χ1v) is 8.53. The first-order valence-electron chi connectivity index (χ1n) is 8.53. The Balaban J connectivity index is 0.000000236. The predicted octanol–water partition coefficient (Wildman–Crippen LogP) is 2.57. The molecular formula is C17H28N4O2. The zero-order chi connectivity index (χ0) is 16.7. The number of anilines is 1. The Morgan fingerprint density at radius 2 is 1.87 bits per heavy atom. The molecule has 1 saturated heterocycles. The van der Waals surface area contributed by atoms with Gasteiger partial charge >= 0.3 is 6.09 Å². The van der Waals surface area contributed by atoms with Crippen molar-refractivity contribution >= 4 is 11.9 Å². The van der Waals surface area contributed by atoms with Gasteiger partial charge in [-0.05, 0) is 44.9 Å². The molecule has 6 nitrogen and oxygen atoms in total. The Morgan fingerprint density at radius 3 is 2.43 bits per heavy atom. The van der Waals surface area contributed by atoms with Crippen LogP contribution < -0.4 is 10.6 Å². The zero-order valence-electron chi connectivity index (χ0n) is 14.4. The minimum Gasteiger partial charge on any atom is -0.438 e. The van der Waals surface area contributed by atoms with E-state index in [1.54, 1.807) is 6.20 Å². The summed E-state index contributed by atoms with van der Waals surface area (Å²) in [5, 5.41) is 5.91. The molecule has 1 amide bonds. The lowest BCUT2D eigenvalue weighted by Gasteiger charge is -2.40. The van der Waals surface area contributed by atoms with E-state index in [4.69, 9.17) is 4.74 Å². The first kappa shape index (κ1) is 17.7. The van der Waals surface area contributed by atoms with Crippen molar-refractivity contribution in [2.24, 2.45) is 0 Å². The summed E-state index contributed by atoms with van der Waals surface area (Å²) < 4.78 is 5.51. The lowest BCUT2D eigenvalue weighted by atomic mass is 9.84. The van der Waals surface area contributed by atoms with Crippen molar-refractivity contribution in [2.75, 3.05) is 38.0 Å². The van der Waals surface area contributed by atoms with Gasteiger partial charge in [-0.15, -0.1) is 0 Å². The van der Waals surface area contributed by atoms with Crippen molar-refractivity contribution in [1.82, 2.24) is 15.2 Å². The Bertz CT molecular complexity index is 506. The molecule has 3 heterocycles. The lowest BCUT2D eigenvalue weighted by Crippen LogP contribution is -2.47. The Labute approximate surface area is 138 Å². The molecule has 2 aliphatic rings. The predicted molar refractivity (Wildman–Crippen MR) is 91.6 cm³/mol. The van der Waals surface area contributed by atoms with Crippen LogP contribution in [-0.2, 0) is 10.3 Å². The third-order valence-corrected chi connectivity index (χ3v) is 4.56. The third kappa shape index (κ3) is 4.20. The van der Waals surface area contributed by atoms with Crippen LogP contribution in [0, 0.1) is 0 Å². The number of rotatable bonds is 3. The molecule has 1 fully saturated rings. The summed E-state index contributed by atoms with van der Waals surface area (Å²) in [5.74, 6) is 0.639. The third-order valence-electron chi connectivity index (χ3n) is 4.56. The number of carbonyl (C=O) groups is 1. The molecule has 0 bridgehead atoms.